The van der Waals surface area contributed by atoms with Crippen molar-refractivity contribution in [3.63, 3.8) is 0 Å². The van der Waals surface area contributed by atoms with Crippen molar-refractivity contribution in [2.75, 3.05) is 19.0 Å². The van der Waals surface area contributed by atoms with E-state index >= 15 is 0 Å². The number of ether oxygens (including phenoxy) is 5. The maximum Gasteiger partial charge on any atom is 0.210 e. The molecule has 5 aliphatic rings. The first-order valence-corrected chi connectivity index (χ1v) is 29.8. The average Bonchev–Trinajstić information content (AvgIpc) is 3.19. The van der Waals surface area contributed by atoms with Crippen molar-refractivity contribution in [1.82, 2.24) is 0 Å². The van der Waals surface area contributed by atoms with Crippen LogP contribution in [-0.4, -0.2) is 76.3 Å². The van der Waals surface area contributed by atoms with Gasteiger partial charge in [0.05, 0.1) is 47.6 Å². The van der Waals surface area contributed by atoms with E-state index in [4.69, 9.17) is 23.7 Å². The molecule has 0 saturated carbocycles. The van der Waals surface area contributed by atoms with Crippen LogP contribution in [0.25, 0.3) is 21.5 Å². The maximum atomic E-state index is 10.9. The Morgan fingerprint density at radius 1 is 0.679 bits per heavy atom. The molecule has 0 aromatic heterocycles. The molecule has 8 atom stereocenters. The zero-order valence-corrected chi connectivity index (χ0v) is 48.7. The predicted molar refractivity (Wildman–Crippen MR) is 324 cm³/mol. The Kier molecular flexibility index (Phi) is 16.6. The van der Waals surface area contributed by atoms with Crippen LogP contribution in [0.5, 0.6) is 11.5 Å². The predicted octanol–water partition coefficient (Wildman–Crippen LogP) is 15.6. The topological polar surface area (TPSA) is 113 Å². The van der Waals surface area contributed by atoms with E-state index in [2.05, 4.69) is 154 Å². The highest BCUT2D eigenvalue weighted by Gasteiger charge is 2.45. The second-order valence-corrected chi connectivity index (χ2v) is 24.4. The molecule has 8 unspecified atom stereocenters. The molecule has 81 heavy (non-hydrogen) atoms. The Balaban J connectivity index is 0.918. The Morgan fingerprint density at radius 3 is 1.99 bits per heavy atom. The summed E-state index contributed by atoms with van der Waals surface area (Å²) in [6.45, 7) is 13.2. The van der Waals surface area contributed by atoms with Crippen LogP contribution in [0.2, 0.25) is 0 Å². The van der Waals surface area contributed by atoms with Gasteiger partial charge >= 0.3 is 0 Å². The van der Waals surface area contributed by atoms with E-state index in [0.29, 0.717) is 49.8 Å². The molecule has 424 valence electrons. The van der Waals surface area contributed by atoms with Gasteiger partial charge in [0.25, 0.3) is 0 Å². The number of nitrogens with zero attached hydrogens (tertiary/aromatic N) is 2. The SMILES string of the molecule is CCC(O)CCCC1CC(CCC2CC(CC(C)O)OC(c3ccccc3OC3=C(/C=C/C4=[N+](C)c5ccc6ccccc6c5C4(C)C)CCC/C3=C\C=C3\N(C)c4ccc5ccccc5c4C3(C)C)O2)OC(c2ccccc2O)O1. The van der Waals surface area contributed by atoms with Crippen LogP contribution in [0.3, 0.4) is 0 Å². The summed E-state index contributed by atoms with van der Waals surface area (Å²) in [7, 11) is 4.38. The highest BCUT2D eigenvalue weighted by Crippen LogP contribution is 2.51. The number of likely N-dealkylation sites (N-methyl/N-ethyl adjacent to an activating group) is 1. The fraction of sp³-hybridized carbons (Fsp3) is 0.423. The number of aliphatic hydroxyl groups is 2. The van der Waals surface area contributed by atoms with E-state index in [1.54, 1.807) is 12.1 Å². The number of hydrogen-bond donors (Lipinski definition) is 3. The van der Waals surface area contributed by atoms with Gasteiger partial charge in [-0.25, -0.2) is 0 Å². The van der Waals surface area contributed by atoms with E-state index in [9.17, 15) is 15.3 Å². The molecule has 0 bridgehead atoms. The molecular formula is C71H83N2O8+. The summed E-state index contributed by atoms with van der Waals surface area (Å²) in [6.07, 6.45) is 15.0. The molecule has 11 rings (SSSR count). The van der Waals surface area contributed by atoms with Crippen molar-refractivity contribution < 1.29 is 43.6 Å². The number of rotatable bonds is 17. The minimum Gasteiger partial charge on any atom is -0.507 e. The molecule has 0 amide bonds. The van der Waals surface area contributed by atoms with Crippen molar-refractivity contribution >= 4 is 38.6 Å². The monoisotopic (exact) mass is 1090 g/mol. The minimum atomic E-state index is -0.762. The number of benzene rings is 6. The van der Waals surface area contributed by atoms with Gasteiger partial charge in [0.2, 0.25) is 5.69 Å². The standard InChI is InChI=1S/C71H82N2O8/c1-9-50(75)24-19-25-51-43-52(78-68(77-51)57-28-14-16-30-61(57)76)36-37-53-44-54(42-45(2)74)80-69(79-53)58-29-15-17-31-62(58)81-67-48(34-40-63-70(3,4)65-55-26-12-10-20-46(55)32-38-59(65)72(63)7)22-18-23-49(67)35-41-64-71(5,6)66-56-27-13-11-21-47(56)33-39-60(66)73(64)8/h10-17,20-21,26-35,38-41,45,50-54,68-69,74-75H,9,18-19,22-25,36-37,42-44H2,1-8H3/p+1. The van der Waals surface area contributed by atoms with Gasteiger partial charge in [-0.05, 0) is 160 Å². The van der Waals surface area contributed by atoms with Crippen molar-refractivity contribution in [3.8, 4) is 11.5 Å². The van der Waals surface area contributed by atoms with Crippen LogP contribution >= 0.6 is 0 Å². The lowest BCUT2D eigenvalue weighted by molar-refractivity contribution is -0.401. The van der Waals surface area contributed by atoms with Crippen molar-refractivity contribution in [2.24, 2.45) is 0 Å². The number of fused-ring (bicyclic) bond motifs is 6. The van der Waals surface area contributed by atoms with Crippen LogP contribution < -0.4 is 9.64 Å². The van der Waals surface area contributed by atoms with Gasteiger partial charge in [-0.2, -0.15) is 4.58 Å². The number of phenols is 1. The highest BCUT2D eigenvalue weighted by molar-refractivity contribution is 6.07. The van der Waals surface area contributed by atoms with E-state index in [-0.39, 0.29) is 47.1 Å². The summed E-state index contributed by atoms with van der Waals surface area (Å²) in [5.74, 6) is 1.64. The van der Waals surface area contributed by atoms with Gasteiger partial charge in [-0.15, -0.1) is 0 Å². The van der Waals surface area contributed by atoms with E-state index < -0.39 is 18.7 Å². The van der Waals surface area contributed by atoms with Gasteiger partial charge in [-0.3, -0.25) is 0 Å². The fourth-order valence-electron chi connectivity index (χ4n) is 13.8. The molecule has 6 aromatic rings. The van der Waals surface area contributed by atoms with Crippen LogP contribution in [0, 0.1) is 0 Å². The largest absolute Gasteiger partial charge is 0.507 e. The lowest BCUT2D eigenvalue weighted by atomic mass is 9.78. The smallest absolute Gasteiger partial charge is 0.210 e. The summed E-state index contributed by atoms with van der Waals surface area (Å²) in [5, 5.41) is 37.1. The van der Waals surface area contributed by atoms with E-state index in [0.717, 1.165) is 61.0 Å². The normalized spacial score (nSPS) is 25.3. The Morgan fingerprint density at radius 2 is 1.28 bits per heavy atom. The quantitative estimate of drug-likeness (QED) is 0.0769. The number of para-hydroxylation sites is 2. The lowest BCUT2D eigenvalue weighted by Gasteiger charge is -2.39. The Labute approximate surface area is 479 Å². The molecule has 0 radical (unpaired) electrons. The third kappa shape index (κ3) is 11.6. The summed E-state index contributed by atoms with van der Waals surface area (Å²) in [5.41, 5.74) is 10.7. The molecular weight excluding hydrogens is 1010 g/mol. The molecule has 6 aromatic carbocycles. The van der Waals surface area contributed by atoms with Crippen LogP contribution in [0.1, 0.15) is 153 Å². The first-order chi connectivity index (χ1) is 39.1. The van der Waals surface area contributed by atoms with Crippen LogP contribution in [-0.2, 0) is 29.8 Å². The molecule has 0 spiro atoms. The second-order valence-electron chi connectivity index (χ2n) is 24.4. The summed E-state index contributed by atoms with van der Waals surface area (Å²) < 4.78 is 36.8. The number of allylic oxidation sites excluding steroid dienone is 7. The third-order valence-corrected chi connectivity index (χ3v) is 18.0. The number of anilines is 1. The zero-order valence-electron chi connectivity index (χ0n) is 48.7. The fourth-order valence-corrected chi connectivity index (χ4v) is 13.8. The van der Waals surface area contributed by atoms with Gasteiger partial charge in [0.15, 0.2) is 18.3 Å². The summed E-state index contributed by atoms with van der Waals surface area (Å²) in [6, 6.07) is 41.8. The summed E-state index contributed by atoms with van der Waals surface area (Å²) in [4.78, 5) is 2.36. The summed E-state index contributed by atoms with van der Waals surface area (Å²) >= 11 is 0. The molecule has 3 N–H and O–H groups in total. The second kappa shape index (κ2) is 23.8. The van der Waals surface area contributed by atoms with Crippen molar-refractivity contribution in [3.05, 3.63) is 190 Å². The maximum absolute atomic E-state index is 10.9. The minimum absolute atomic E-state index is 0.0975. The van der Waals surface area contributed by atoms with Crippen molar-refractivity contribution in [1.29, 1.82) is 0 Å². The number of hydrogen-bond acceptors (Lipinski definition) is 9. The van der Waals surface area contributed by atoms with E-state index in [1.165, 1.54) is 55.5 Å². The molecule has 2 fully saturated rings. The third-order valence-electron chi connectivity index (χ3n) is 18.0. The molecule has 1 aliphatic carbocycles. The molecule has 10 heteroatoms. The number of phenolic OH excluding ortho intramolecular Hbond substituents is 1. The Hall–Kier alpha value is -6.37. The van der Waals surface area contributed by atoms with E-state index in [1.807, 2.05) is 44.2 Å². The first-order valence-electron chi connectivity index (χ1n) is 29.8. The average molecular weight is 1090 g/mol. The van der Waals surface area contributed by atoms with Gasteiger partial charge < -0.3 is 43.9 Å². The number of aliphatic hydroxyl groups excluding tert-OH is 2. The zero-order chi connectivity index (χ0) is 56.6. The van der Waals surface area contributed by atoms with Gasteiger partial charge in [0.1, 0.15) is 24.3 Å². The molecule has 2 saturated heterocycles. The highest BCUT2D eigenvalue weighted by atomic mass is 16.7. The van der Waals surface area contributed by atoms with Crippen molar-refractivity contribution in [2.45, 2.75) is 179 Å². The van der Waals surface area contributed by atoms with Gasteiger partial charge in [-0.1, -0.05) is 118 Å². The molecule has 4 heterocycles. The first kappa shape index (κ1) is 56.5. The number of aromatic hydroxyl groups is 1. The van der Waals surface area contributed by atoms with Gasteiger partial charge in [0, 0.05) is 60.0 Å². The molecule has 4 aliphatic heterocycles. The molecule has 10 nitrogen and oxygen atoms in total. The Bertz CT molecular complexity index is 3440. The van der Waals surface area contributed by atoms with Crippen LogP contribution in [0.15, 0.2) is 168 Å². The lowest BCUT2D eigenvalue weighted by Crippen LogP contribution is -2.38. The van der Waals surface area contributed by atoms with Crippen LogP contribution in [0.4, 0.5) is 11.4 Å².